The second-order valence-electron chi connectivity index (χ2n) is 7.35. The fraction of sp³-hybridized carbons (Fsp3) is 0.500. The van der Waals surface area contributed by atoms with Crippen LogP contribution in [0.15, 0.2) is 36.9 Å². The average Bonchev–Trinajstić information content (AvgIpc) is 2.98. The Hall–Kier alpha value is -1.49. The van der Waals surface area contributed by atoms with Gasteiger partial charge in [0.2, 0.25) is 0 Å². The minimum atomic E-state index is -0.0835. The lowest BCUT2D eigenvalue weighted by Crippen LogP contribution is -2.64. The van der Waals surface area contributed by atoms with E-state index >= 15 is 0 Å². The SMILES string of the molecule is C=CCOC1C=CC2[C@H]3Cc4ccc(OC)c5c4[C@@]2(CCN3Cl)C1O5. The van der Waals surface area contributed by atoms with E-state index in [4.69, 9.17) is 26.0 Å². The van der Waals surface area contributed by atoms with Crippen LogP contribution >= 0.6 is 11.8 Å². The lowest BCUT2D eigenvalue weighted by atomic mass is 9.53. The van der Waals surface area contributed by atoms with E-state index in [2.05, 4.69) is 24.8 Å². The zero-order valence-corrected chi connectivity index (χ0v) is 15.0. The molecule has 1 spiro atoms. The summed E-state index contributed by atoms with van der Waals surface area (Å²) in [5.41, 5.74) is 2.59. The highest BCUT2D eigenvalue weighted by Gasteiger charge is 2.64. The molecule has 0 saturated carbocycles. The van der Waals surface area contributed by atoms with Gasteiger partial charge in [0.1, 0.15) is 12.2 Å². The quantitative estimate of drug-likeness (QED) is 0.610. The van der Waals surface area contributed by atoms with Crippen LogP contribution < -0.4 is 9.47 Å². The molecular formula is C20H22ClNO3. The predicted molar refractivity (Wildman–Crippen MR) is 96.3 cm³/mol. The van der Waals surface area contributed by atoms with Crippen LogP contribution in [0, 0.1) is 5.92 Å². The fourth-order valence-corrected chi connectivity index (χ4v) is 5.74. The summed E-state index contributed by atoms with van der Waals surface area (Å²) >= 11 is 6.60. The molecule has 2 aliphatic carbocycles. The average molecular weight is 360 g/mol. The molecule has 1 aromatic rings. The van der Waals surface area contributed by atoms with Gasteiger partial charge in [-0.15, -0.1) is 6.58 Å². The minimum absolute atomic E-state index is 0.0410. The molecule has 5 atom stereocenters. The Labute approximate surface area is 153 Å². The van der Waals surface area contributed by atoms with Crippen LogP contribution in [0.4, 0.5) is 0 Å². The summed E-state index contributed by atoms with van der Waals surface area (Å²) in [7, 11) is 1.70. The number of nitrogens with zero attached hydrogens (tertiary/aromatic N) is 1. The maximum atomic E-state index is 6.60. The predicted octanol–water partition coefficient (Wildman–Crippen LogP) is 3.24. The van der Waals surface area contributed by atoms with Crippen molar-refractivity contribution in [3.63, 3.8) is 0 Å². The summed E-state index contributed by atoms with van der Waals surface area (Å²) in [4.78, 5) is 0. The second kappa shape index (κ2) is 5.50. The molecule has 3 unspecified atom stereocenters. The van der Waals surface area contributed by atoms with E-state index in [1.54, 1.807) is 13.2 Å². The van der Waals surface area contributed by atoms with E-state index in [9.17, 15) is 0 Å². The first kappa shape index (κ1) is 15.7. The first-order valence-corrected chi connectivity index (χ1v) is 9.24. The summed E-state index contributed by atoms with van der Waals surface area (Å²) in [6, 6.07) is 4.50. The zero-order chi connectivity index (χ0) is 17.2. The minimum Gasteiger partial charge on any atom is -0.493 e. The Morgan fingerprint density at radius 3 is 3.12 bits per heavy atom. The van der Waals surface area contributed by atoms with Crippen molar-refractivity contribution in [1.82, 2.24) is 4.42 Å². The van der Waals surface area contributed by atoms with Crippen LogP contribution in [0.5, 0.6) is 11.5 Å². The molecule has 0 radical (unpaired) electrons. The summed E-state index contributed by atoms with van der Waals surface area (Å²) < 4.78 is 20.2. The topological polar surface area (TPSA) is 30.9 Å². The van der Waals surface area contributed by atoms with Crippen molar-refractivity contribution in [3.8, 4) is 11.5 Å². The van der Waals surface area contributed by atoms with Crippen molar-refractivity contribution in [2.45, 2.75) is 36.5 Å². The first-order chi connectivity index (χ1) is 12.2. The molecular weight excluding hydrogens is 338 g/mol. The van der Waals surface area contributed by atoms with E-state index in [0.29, 0.717) is 18.6 Å². The van der Waals surface area contributed by atoms with Crippen molar-refractivity contribution in [1.29, 1.82) is 0 Å². The maximum Gasteiger partial charge on any atom is 0.165 e. The number of rotatable bonds is 4. The molecule has 1 saturated heterocycles. The molecule has 0 amide bonds. The Morgan fingerprint density at radius 1 is 1.44 bits per heavy atom. The third kappa shape index (κ3) is 1.90. The number of methoxy groups -OCH3 is 1. The van der Waals surface area contributed by atoms with E-state index in [-0.39, 0.29) is 17.6 Å². The summed E-state index contributed by atoms with van der Waals surface area (Å²) in [6.45, 7) is 5.15. The molecule has 0 N–H and O–H groups in total. The normalized spacial score (nSPS) is 37.4. The lowest BCUT2D eigenvalue weighted by molar-refractivity contribution is -0.0566. The van der Waals surface area contributed by atoms with E-state index in [1.807, 2.05) is 10.5 Å². The van der Waals surface area contributed by atoms with Crippen LogP contribution in [0.3, 0.4) is 0 Å². The van der Waals surface area contributed by atoms with Gasteiger partial charge in [0, 0.05) is 29.5 Å². The molecule has 5 heteroatoms. The third-order valence-corrected chi connectivity index (χ3v) is 6.82. The van der Waals surface area contributed by atoms with Gasteiger partial charge in [0.05, 0.1) is 13.7 Å². The van der Waals surface area contributed by atoms with Crippen molar-refractivity contribution < 1.29 is 14.2 Å². The van der Waals surface area contributed by atoms with Crippen LogP contribution in [-0.2, 0) is 16.6 Å². The highest BCUT2D eigenvalue weighted by molar-refractivity contribution is 6.13. The smallest absolute Gasteiger partial charge is 0.165 e. The highest BCUT2D eigenvalue weighted by Crippen LogP contribution is 2.63. The standard InChI is InChI=1S/C20H22ClNO3/c1-3-10-24-16-7-5-13-14-11-12-4-6-15(23-2)18-17(12)20(13,19(16)25-18)8-9-22(14)21/h3-7,13-14,16,19H,1,8-11H2,2H3/t13?,14-,16?,19?,20+/m1/s1. The van der Waals surface area contributed by atoms with Gasteiger partial charge in [-0.05, 0) is 36.2 Å². The molecule has 1 fully saturated rings. The Bertz CT molecular complexity index is 764. The largest absolute Gasteiger partial charge is 0.493 e. The third-order valence-electron chi connectivity index (χ3n) is 6.40. The van der Waals surface area contributed by atoms with Gasteiger partial charge in [-0.2, -0.15) is 0 Å². The Morgan fingerprint density at radius 2 is 2.32 bits per heavy atom. The number of piperidine rings is 1. The fourth-order valence-electron chi connectivity index (χ4n) is 5.47. The van der Waals surface area contributed by atoms with Gasteiger partial charge in [0.25, 0.3) is 0 Å². The number of ether oxygens (including phenoxy) is 3. The second-order valence-corrected chi connectivity index (χ2v) is 7.79. The molecule has 132 valence electrons. The van der Waals surface area contributed by atoms with Gasteiger partial charge in [-0.1, -0.05) is 24.3 Å². The summed E-state index contributed by atoms with van der Waals surface area (Å²) in [6.07, 6.45) is 8.04. The van der Waals surface area contributed by atoms with Crippen molar-refractivity contribution in [3.05, 3.63) is 48.1 Å². The molecule has 0 aromatic heterocycles. The van der Waals surface area contributed by atoms with Crippen LogP contribution in [0.2, 0.25) is 0 Å². The summed E-state index contributed by atoms with van der Waals surface area (Å²) in [5.74, 6) is 2.07. The number of hydrogen-bond donors (Lipinski definition) is 0. The Kier molecular flexibility index (Phi) is 3.46. The molecule has 4 nitrogen and oxygen atoms in total. The monoisotopic (exact) mass is 359 g/mol. The van der Waals surface area contributed by atoms with E-state index < -0.39 is 0 Å². The molecule has 1 aromatic carbocycles. The Balaban J connectivity index is 1.71. The molecule has 2 heterocycles. The van der Waals surface area contributed by atoms with Gasteiger partial charge in [-0.3, -0.25) is 0 Å². The van der Waals surface area contributed by atoms with Crippen LogP contribution in [0.1, 0.15) is 17.5 Å². The van der Waals surface area contributed by atoms with Crippen molar-refractivity contribution in [2.24, 2.45) is 5.92 Å². The lowest BCUT2D eigenvalue weighted by Gasteiger charge is -2.55. The molecule has 25 heavy (non-hydrogen) atoms. The van der Waals surface area contributed by atoms with Gasteiger partial charge in [-0.25, -0.2) is 4.42 Å². The highest BCUT2D eigenvalue weighted by atomic mass is 35.5. The number of hydrogen-bond acceptors (Lipinski definition) is 4. The molecule has 4 aliphatic rings. The van der Waals surface area contributed by atoms with Gasteiger partial charge in [0.15, 0.2) is 11.5 Å². The molecule has 2 aliphatic heterocycles. The van der Waals surface area contributed by atoms with Gasteiger partial charge >= 0.3 is 0 Å². The van der Waals surface area contributed by atoms with E-state index in [0.717, 1.165) is 30.9 Å². The summed E-state index contributed by atoms with van der Waals surface area (Å²) in [5, 5.41) is 0. The maximum absolute atomic E-state index is 6.60. The molecule has 2 bridgehead atoms. The number of halogens is 1. The van der Waals surface area contributed by atoms with Gasteiger partial charge < -0.3 is 14.2 Å². The number of benzene rings is 1. The van der Waals surface area contributed by atoms with Crippen molar-refractivity contribution >= 4 is 11.8 Å². The van der Waals surface area contributed by atoms with E-state index in [1.165, 1.54) is 11.1 Å². The van der Waals surface area contributed by atoms with Crippen LogP contribution in [-0.4, -0.2) is 42.9 Å². The zero-order valence-electron chi connectivity index (χ0n) is 14.3. The molecule has 5 rings (SSSR count). The first-order valence-electron chi connectivity index (χ1n) is 8.91. The van der Waals surface area contributed by atoms with Crippen molar-refractivity contribution in [2.75, 3.05) is 20.3 Å². The van der Waals surface area contributed by atoms with Crippen LogP contribution in [0.25, 0.3) is 0 Å².